The molecule has 2 aromatic rings. The molecule has 0 bridgehead atoms. The average molecular weight is 291 g/mol. The van der Waals surface area contributed by atoms with E-state index in [9.17, 15) is 5.11 Å². The number of benzene rings is 1. The molecule has 20 heavy (non-hydrogen) atoms. The molecule has 1 aromatic carbocycles. The Balaban J connectivity index is 0.00000200. The fourth-order valence-electron chi connectivity index (χ4n) is 1.89. The number of nitrogen functional groups attached to an aromatic ring is 1. The zero-order chi connectivity index (χ0) is 14.0. The van der Waals surface area contributed by atoms with Crippen LogP contribution in [-0.2, 0) is 0 Å². The molecule has 5 nitrogen and oxygen atoms in total. The topological polar surface area (TPSA) is 109 Å². The zero-order valence-corrected chi connectivity index (χ0v) is 11.7. The number of pyridine rings is 1. The van der Waals surface area contributed by atoms with Crippen LogP contribution >= 0.6 is 12.4 Å². The minimum atomic E-state index is -0.343. The van der Waals surface area contributed by atoms with Gasteiger partial charge in [-0.2, -0.15) is 5.26 Å². The van der Waals surface area contributed by atoms with Crippen LogP contribution < -0.4 is 11.5 Å². The smallest absolute Gasteiger partial charge is 0.142 e. The molecule has 2 rings (SSSR count). The highest BCUT2D eigenvalue weighted by Gasteiger charge is 2.15. The number of hydrogen-bond acceptors (Lipinski definition) is 5. The van der Waals surface area contributed by atoms with Gasteiger partial charge in [-0.1, -0.05) is 12.1 Å². The Morgan fingerprint density at radius 3 is 2.55 bits per heavy atom. The molecule has 0 aliphatic heterocycles. The summed E-state index contributed by atoms with van der Waals surface area (Å²) in [5.74, 6) is 0.227. The minimum absolute atomic E-state index is 0. The summed E-state index contributed by atoms with van der Waals surface area (Å²) in [6, 6.07) is 10.2. The first kappa shape index (κ1) is 15.8. The highest BCUT2D eigenvalue weighted by Crippen LogP contribution is 2.31. The summed E-state index contributed by atoms with van der Waals surface area (Å²) < 4.78 is 0. The fraction of sp³-hybridized carbons (Fsp3) is 0.143. The number of anilines is 1. The van der Waals surface area contributed by atoms with E-state index < -0.39 is 0 Å². The second-order valence-corrected chi connectivity index (χ2v) is 4.27. The van der Waals surface area contributed by atoms with E-state index in [0.717, 1.165) is 0 Å². The number of nitrogens with zero attached hydrogens (tertiary/aromatic N) is 2. The second kappa shape index (κ2) is 6.24. The van der Waals surface area contributed by atoms with Gasteiger partial charge in [0.15, 0.2) is 0 Å². The van der Waals surface area contributed by atoms with Gasteiger partial charge in [0, 0.05) is 11.6 Å². The van der Waals surface area contributed by atoms with Crippen LogP contribution in [-0.4, -0.2) is 10.1 Å². The third-order valence-corrected chi connectivity index (χ3v) is 2.86. The predicted octanol–water partition coefficient (Wildman–Crippen LogP) is 2.35. The molecule has 1 aromatic heterocycles. The van der Waals surface area contributed by atoms with Crippen molar-refractivity contribution in [2.24, 2.45) is 5.73 Å². The lowest BCUT2D eigenvalue weighted by Crippen LogP contribution is -2.10. The Bertz CT molecular complexity index is 665. The van der Waals surface area contributed by atoms with Crippen LogP contribution in [0.1, 0.15) is 24.1 Å². The van der Waals surface area contributed by atoms with Crippen molar-refractivity contribution in [3.63, 3.8) is 0 Å². The van der Waals surface area contributed by atoms with E-state index >= 15 is 0 Å². The van der Waals surface area contributed by atoms with Gasteiger partial charge in [-0.25, -0.2) is 4.98 Å². The third kappa shape index (κ3) is 2.82. The molecule has 0 aliphatic carbocycles. The minimum Gasteiger partial charge on any atom is -0.507 e. The number of phenolic OH excluding ortho intramolecular Hbond substituents is 1. The van der Waals surface area contributed by atoms with E-state index in [4.69, 9.17) is 16.7 Å². The number of nitrogens with two attached hydrogens (primary N) is 2. The van der Waals surface area contributed by atoms with Crippen LogP contribution in [0.5, 0.6) is 5.75 Å². The summed E-state index contributed by atoms with van der Waals surface area (Å²) in [5, 5.41) is 18.9. The van der Waals surface area contributed by atoms with E-state index in [0.29, 0.717) is 16.8 Å². The van der Waals surface area contributed by atoms with Crippen LogP contribution in [0.3, 0.4) is 0 Å². The predicted molar refractivity (Wildman–Crippen MR) is 80.3 cm³/mol. The lowest BCUT2D eigenvalue weighted by atomic mass is 10.00. The van der Waals surface area contributed by atoms with E-state index in [2.05, 4.69) is 4.98 Å². The van der Waals surface area contributed by atoms with Crippen molar-refractivity contribution in [1.82, 2.24) is 4.98 Å². The van der Waals surface area contributed by atoms with Gasteiger partial charge in [-0.05, 0) is 30.7 Å². The first-order valence-electron chi connectivity index (χ1n) is 5.79. The molecule has 0 aliphatic rings. The molecule has 1 atom stereocenters. The number of aromatic hydroxyl groups is 1. The number of phenols is 1. The normalized spacial score (nSPS) is 11.2. The first-order chi connectivity index (χ1) is 9.04. The molecule has 0 amide bonds. The zero-order valence-electron chi connectivity index (χ0n) is 10.9. The van der Waals surface area contributed by atoms with Crippen LogP contribution in [0.25, 0.3) is 11.3 Å². The standard InChI is InChI=1S/C14H14N4O.ClH/c1-8(16)10-6-12(18-14(17)11(10)7-15)9-4-2-3-5-13(9)19;/h2-6,8,19H,16H2,1H3,(H2,17,18);1H/t8-;/m0./s1. The van der Waals surface area contributed by atoms with Gasteiger partial charge in [0.25, 0.3) is 0 Å². The molecular formula is C14H15ClN4O. The summed E-state index contributed by atoms with van der Waals surface area (Å²) in [6.07, 6.45) is 0. The van der Waals surface area contributed by atoms with Gasteiger partial charge < -0.3 is 16.6 Å². The Labute approximate surface area is 123 Å². The van der Waals surface area contributed by atoms with Crippen LogP contribution in [0.4, 0.5) is 5.82 Å². The highest BCUT2D eigenvalue weighted by atomic mass is 35.5. The van der Waals surface area contributed by atoms with Crippen LogP contribution in [0, 0.1) is 11.3 Å². The first-order valence-corrected chi connectivity index (χ1v) is 5.79. The van der Waals surface area contributed by atoms with Gasteiger partial charge in [0.2, 0.25) is 0 Å². The molecule has 1 heterocycles. The molecule has 5 N–H and O–H groups in total. The van der Waals surface area contributed by atoms with Crippen molar-refractivity contribution in [3.8, 4) is 23.1 Å². The maximum absolute atomic E-state index is 9.83. The van der Waals surface area contributed by atoms with E-state index in [1.807, 2.05) is 6.07 Å². The Hall–Kier alpha value is -2.29. The van der Waals surface area contributed by atoms with E-state index in [-0.39, 0.29) is 35.6 Å². The van der Waals surface area contributed by atoms with E-state index in [1.165, 1.54) is 0 Å². The molecule has 0 saturated heterocycles. The summed E-state index contributed by atoms with van der Waals surface area (Å²) in [4.78, 5) is 4.16. The molecule has 104 valence electrons. The van der Waals surface area contributed by atoms with Crippen LogP contribution in [0.15, 0.2) is 30.3 Å². The highest BCUT2D eigenvalue weighted by molar-refractivity contribution is 5.85. The van der Waals surface area contributed by atoms with Crippen molar-refractivity contribution in [3.05, 3.63) is 41.5 Å². The molecule has 6 heteroatoms. The molecule has 0 spiro atoms. The lowest BCUT2D eigenvalue weighted by Gasteiger charge is -2.13. The molecule has 0 fully saturated rings. The maximum Gasteiger partial charge on any atom is 0.142 e. The molecular weight excluding hydrogens is 276 g/mol. The Morgan fingerprint density at radius 2 is 2.00 bits per heavy atom. The maximum atomic E-state index is 9.83. The lowest BCUT2D eigenvalue weighted by molar-refractivity contribution is 0.477. The van der Waals surface area contributed by atoms with Gasteiger partial charge in [0.05, 0.1) is 11.3 Å². The number of para-hydroxylation sites is 1. The van der Waals surface area contributed by atoms with Gasteiger partial charge >= 0.3 is 0 Å². The monoisotopic (exact) mass is 290 g/mol. The Morgan fingerprint density at radius 1 is 1.35 bits per heavy atom. The second-order valence-electron chi connectivity index (χ2n) is 4.27. The number of hydrogen-bond donors (Lipinski definition) is 3. The fourth-order valence-corrected chi connectivity index (χ4v) is 1.89. The number of halogens is 1. The summed E-state index contributed by atoms with van der Waals surface area (Å²) in [7, 11) is 0. The SMILES string of the molecule is C[C@H](N)c1cc(-c2ccccc2O)nc(N)c1C#N.Cl. The van der Waals surface area contributed by atoms with Crippen molar-refractivity contribution < 1.29 is 5.11 Å². The van der Waals surface area contributed by atoms with E-state index in [1.54, 1.807) is 37.3 Å². The summed E-state index contributed by atoms with van der Waals surface area (Å²) >= 11 is 0. The summed E-state index contributed by atoms with van der Waals surface area (Å²) in [5.41, 5.74) is 13.6. The molecule has 0 radical (unpaired) electrons. The quantitative estimate of drug-likeness (QED) is 0.786. The summed E-state index contributed by atoms with van der Waals surface area (Å²) in [6.45, 7) is 1.77. The van der Waals surface area contributed by atoms with Crippen molar-refractivity contribution in [2.45, 2.75) is 13.0 Å². The largest absolute Gasteiger partial charge is 0.507 e. The molecule has 0 saturated carbocycles. The van der Waals surface area contributed by atoms with Gasteiger partial charge in [0.1, 0.15) is 17.6 Å². The Kier molecular flexibility index (Phi) is 4.92. The average Bonchev–Trinajstić information content (AvgIpc) is 2.38. The van der Waals surface area contributed by atoms with Gasteiger partial charge in [-0.15, -0.1) is 12.4 Å². The van der Waals surface area contributed by atoms with Gasteiger partial charge in [-0.3, -0.25) is 0 Å². The van der Waals surface area contributed by atoms with Crippen molar-refractivity contribution in [2.75, 3.05) is 5.73 Å². The van der Waals surface area contributed by atoms with Crippen molar-refractivity contribution in [1.29, 1.82) is 5.26 Å². The number of aromatic nitrogens is 1. The van der Waals surface area contributed by atoms with Crippen LogP contribution in [0.2, 0.25) is 0 Å². The third-order valence-electron chi connectivity index (χ3n) is 2.86. The van der Waals surface area contributed by atoms with Crippen molar-refractivity contribution >= 4 is 18.2 Å². The number of nitriles is 1. The number of rotatable bonds is 2. The molecule has 0 unspecified atom stereocenters.